The van der Waals surface area contributed by atoms with E-state index in [0.29, 0.717) is 17.6 Å². The van der Waals surface area contributed by atoms with Crippen LogP contribution in [0, 0.1) is 11.8 Å². The fraction of sp³-hybridized carbons (Fsp3) is 0.727. The number of thioether (sulfide) groups is 2. The molecule has 2 atom stereocenters. The van der Waals surface area contributed by atoms with E-state index >= 15 is 0 Å². The molecule has 14 heavy (non-hydrogen) atoms. The zero-order valence-corrected chi connectivity index (χ0v) is 9.76. The number of ketones is 1. The van der Waals surface area contributed by atoms with Crippen LogP contribution in [0.4, 0.5) is 0 Å². The zero-order valence-electron chi connectivity index (χ0n) is 8.12. The van der Waals surface area contributed by atoms with Crippen LogP contribution in [0.25, 0.3) is 0 Å². The smallest absolute Gasteiger partial charge is 0.163 e. The Morgan fingerprint density at radius 1 is 1.07 bits per heavy atom. The Kier molecular flexibility index (Phi) is 2.40. The lowest BCUT2D eigenvalue weighted by Crippen LogP contribution is -2.14. The summed E-state index contributed by atoms with van der Waals surface area (Å²) in [7, 11) is 0. The molecule has 1 saturated heterocycles. The van der Waals surface area contributed by atoms with Gasteiger partial charge in [-0.15, -0.1) is 23.5 Å². The first kappa shape index (κ1) is 9.34. The Hall–Kier alpha value is 0.110. The van der Waals surface area contributed by atoms with Crippen LogP contribution in [0.3, 0.4) is 0 Å². The molecule has 2 saturated carbocycles. The van der Waals surface area contributed by atoms with Gasteiger partial charge in [0.2, 0.25) is 0 Å². The quantitative estimate of drug-likeness (QED) is 0.591. The van der Waals surface area contributed by atoms with Gasteiger partial charge in [0.25, 0.3) is 0 Å². The molecule has 0 radical (unpaired) electrons. The highest BCUT2D eigenvalue weighted by molar-refractivity contribution is 8.22. The second-order valence-corrected chi connectivity index (χ2v) is 6.79. The van der Waals surface area contributed by atoms with Gasteiger partial charge in [0.05, 0.1) is 0 Å². The predicted molar refractivity (Wildman–Crippen MR) is 62.4 cm³/mol. The van der Waals surface area contributed by atoms with Crippen LogP contribution in [-0.4, -0.2) is 17.3 Å². The van der Waals surface area contributed by atoms with Crippen molar-refractivity contribution in [1.29, 1.82) is 0 Å². The number of hydrogen-bond donors (Lipinski definition) is 0. The van der Waals surface area contributed by atoms with Crippen molar-refractivity contribution in [3.05, 3.63) is 9.81 Å². The van der Waals surface area contributed by atoms with E-state index in [-0.39, 0.29) is 0 Å². The van der Waals surface area contributed by atoms with E-state index in [0.717, 1.165) is 6.42 Å². The van der Waals surface area contributed by atoms with Gasteiger partial charge in [-0.3, -0.25) is 4.79 Å². The van der Waals surface area contributed by atoms with Gasteiger partial charge in [0.1, 0.15) is 0 Å². The average Bonchev–Trinajstić information content (AvgIpc) is 2.79. The molecule has 0 N–H and O–H groups in total. The average molecular weight is 226 g/mol. The van der Waals surface area contributed by atoms with E-state index < -0.39 is 0 Å². The molecule has 1 aliphatic heterocycles. The minimum Gasteiger partial charge on any atom is -0.294 e. The lowest BCUT2D eigenvalue weighted by Gasteiger charge is -2.20. The number of carbonyl (C=O) groups is 1. The maximum atomic E-state index is 12.0. The van der Waals surface area contributed by atoms with Gasteiger partial charge in [0, 0.05) is 15.7 Å². The van der Waals surface area contributed by atoms with Crippen molar-refractivity contribution < 1.29 is 4.79 Å². The Morgan fingerprint density at radius 3 is 2.43 bits per heavy atom. The van der Waals surface area contributed by atoms with Crippen LogP contribution in [0.2, 0.25) is 0 Å². The molecule has 2 aliphatic carbocycles. The summed E-state index contributed by atoms with van der Waals surface area (Å²) in [5.74, 6) is 3.98. The molecule has 0 aromatic heterocycles. The Bertz CT molecular complexity index is 300. The molecular weight excluding hydrogens is 212 g/mol. The SMILES string of the molecule is O=C1C(=C2SCCCS2)[C@H]2CC[C@@H]1C2. The Morgan fingerprint density at radius 2 is 1.79 bits per heavy atom. The first-order valence-electron chi connectivity index (χ1n) is 5.40. The maximum Gasteiger partial charge on any atom is 0.163 e. The second kappa shape index (κ2) is 3.60. The van der Waals surface area contributed by atoms with Crippen molar-refractivity contribution in [2.45, 2.75) is 25.7 Å². The fourth-order valence-electron chi connectivity index (χ4n) is 2.76. The summed E-state index contributed by atoms with van der Waals surface area (Å²) in [6.07, 6.45) is 4.90. The van der Waals surface area contributed by atoms with Gasteiger partial charge < -0.3 is 0 Å². The summed E-state index contributed by atoms with van der Waals surface area (Å²) < 4.78 is 1.38. The van der Waals surface area contributed by atoms with E-state index in [9.17, 15) is 4.79 Å². The molecule has 0 aromatic rings. The number of Topliss-reactive ketones (excluding diaryl/α,β-unsaturated/α-hetero) is 1. The second-order valence-electron chi connectivity index (χ2n) is 4.32. The highest BCUT2D eigenvalue weighted by Gasteiger charge is 2.44. The third-order valence-corrected chi connectivity index (χ3v) is 6.11. The van der Waals surface area contributed by atoms with Crippen LogP contribution in [-0.2, 0) is 4.79 Å². The van der Waals surface area contributed by atoms with Crippen molar-refractivity contribution in [1.82, 2.24) is 0 Å². The molecule has 0 amide bonds. The number of hydrogen-bond acceptors (Lipinski definition) is 3. The van der Waals surface area contributed by atoms with Crippen molar-refractivity contribution in [3.63, 3.8) is 0 Å². The predicted octanol–water partition coefficient (Wildman–Crippen LogP) is 3.07. The number of carbonyl (C=O) groups excluding carboxylic acids is 1. The van der Waals surface area contributed by atoms with E-state index in [1.807, 2.05) is 23.5 Å². The molecule has 1 nitrogen and oxygen atoms in total. The number of allylic oxidation sites excluding steroid dienone is 1. The topological polar surface area (TPSA) is 17.1 Å². The lowest BCUT2D eigenvalue weighted by atomic mass is 9.95. The molecule has 1 heterocycles. The van der Waals surface area contributed by atoms with Crippen molar-refractivity contribution in [3.8, 4) is 0 Å². The summed E-state index contributed by atoms with van der Waals surface area (Å²) in [5, 5.41) is 0. The van der Waals surface area contributed by atoms with Crippen LogP contribution in [0.15, 0.2) is 9.81 Å². The highest BCUT2D eigenvalue weighted by atomic mass is 32.2. The third kappa shape index (κ3) is 1.36. The molecule has 0 spiro atoms. The zero-order chi connectivity index (χ0) is 9.54. The van der Waals surface area contributed by atoms with Gasteiger partial charge in [0.15, 0.2) is 5.78 Å². The summed E-state index contributed by atoms with van der Waals surface area (Å²) in [6.45, 7) is 0. The largest absolute Gasteiger partial charge is 0.294 e. The van der Waals surface area contributed by atoms with E-state index in [1.54, 1.807) is 0 Å². The first-order chi connectivity index (χ1) is 6.86. The molecule has 3 aliphatic rings. The fourth-order valence-corrected chi connectivity index (χ4v) is 5.57. The van der Waals surface area contributed by atoms with Crippen molar-refractivity contribution in [2.75, 3.05) is 11.5 Å². The standard InChI is InChI=1S/C11H14OS2/c12-10-8-3-2-7(6-8)9(10)11-13-4-1-5-14-11/h7-8H,1-6H2/t7-,8+/m0/s1. The molecule has 0 aromatic carbocycles. The summed E-state index contributed by atoms with van der Waals surface area (Å²) in [5.41, 5.74) is 1.23. The van der Waals surface area contributed by atoms with Gasteiger partial charge >= 0.3 is 0 Å². The van der Waals surface area contributed by atoms with Crippen molar-refractivity contribution >= 4 is 29.3 Å². The molecule has 3 rings (SSSR count). The van der Waals surface area contributed by atoms with Crippen LogP contribution >= 0.6 is 23.5 Å². The minimum absolute atomic E-state index is 0.408. The number of rotatable bonds is 0. The van der Waals surface area contributed by atoms with Gasteiger partial charge in [-0.05, 0) is 43.1 Å². The monoisotopic (exact) mass is 226 g/mol. The van der Waals surface area contributed by atoms with Crippen molar-refractivity contribution in [2.24, 2.45) is 11.8 Å². The van der Waals surface area contributed by atoms with Gasteiger partial charge in [-0.2, -0.15) is 0 Å². The Labute approximate surface area is 93.1 Å². The van der Waals surface area contributed by atoms with Gasteiger partial charge in [-0.1, -0.05) is 0 Å². The van der Waals surface area contributed by atoms with Crippen LogP contribution in [0.1, 0.15) is 25.7 Å². The Balaban J connectivity index is 1.93. The summed E-state index contributed by atoms with van der Waals surface area (Å²) in [4.78, 5) is 12.0. The van der Waals surface area contributed by atoms with Crippen LogP contribution in [0.5, 0.6) is 0 Å². The van der Waals surface area contributed by atoms with E-state index in [4.69, 9.17) is 0 Å². The van der Waals surface area contributed by atoms with E-state index in [1.165, 1.54) is 40.6 Å². The lowest BCUT2D eigenvalue weighted by molar-refractivity contribution is -0.118. The summed E-state index contributed by atoms with van der Waals surface area (Å²) in [6, 6.07) is 0. The normalized spacial score (nSPS) is 37.0. The first-order valence-corrected chi connectivity index (χ1v) is 7.37. The molecule has 3 heteroatoms. The molecule has 76 valence electrons. The van der Waals surface area contributed by atoms with E-state index in [2.05, 4.69) is 0 Å². The summed E-state index contributed by atoms with van der Waals surface area (Å²) >= 11 is 3.85. The maximum absolute atomic E-state index is 12.0. The third-order valence-electron chi connectivity index (χ3n) is 3.45. The molecule has 3 fully saturated rings. The van der Waals surface area contributed by atoms with Crippen LogP contribution < -0.4 is 0 Å². The van der Waals surface area contributed by atoms with Gasteiger partial charge in [-0.25, -0.2) is 0 Å². The minimum atomic E-state index is 0.408. The molecule has 2 bridgehead atoms. The molecular formula is C11H14OS2. The highest BCUT2D eigenvalue weighted by Crippen LogP contribution is 2.51. The molecule has 0 unspecified atom stereocenters. The number of fused-ring (bicyclic) bond motifs is 2.